The van der Waals surface area contributed by atoms with Gasteiger partial charge in [-0.05, 0) is 11.8 Å². The predicted molar refractivity (Wildman–Crippen MR) is 62.9 cm³/mol. The summed E-state index contributed by atoms with van der Waals surface area (Å²) in [5, 5.41) is 20.1. The molecule has 0 aliphatic carbocycles. The number of hydrogen-bond donors (Lipinski definition) is 2. The molecule has 0 amide bonds. The van der Waals surface area contributed by atoms with E-state index >= 15 is 0 Å². The Kier molecular flexibility index (Phi) is 4.89. The zero-order chi connectivity index (χ0) is 12.0. The van der Waals surface area contributed by atoms with Crippen molar-refractivity contribution < 1.29 is 5.11 Å². The lowest BCUT2D eigenvalue weighted by atomic mass is 9.97. The molecule has 0 unspecified atom stereocenters. The number of hydrogen-bond acceptors (Lipinski definition) is 4. The smallest absolute Gasteiger partial charge is 0.0964 e. The molecule has 16 heavy (non-hydrogen) atoms. The van der Waals surface area contributed by atoms with Crippen LogP contribution in [-0.4, -0.2) is 33.3 Å². The Labute approximate surface area is 96.9 Å². The highest BCUT2D eigenvalue weighted by Gasteiger charge is 2.09. The average molecular weight is 226 g/mol. The fourth-order valence-electron chi connectivity index (χ4n) is 1.33. The SMILES string of the molecule is CC(C)(C)CNCc1cn(CCCO)nn1. The summed E-state index contributed by atoms with van der Waals surface area (Å²) in [6.07, 6.45) is 2.64. The Morgan fingerprint density at radius 3 is 2.81 bits per heavy atom. The number of aromatic nitrogens is 3. The van der Waals surface area contributed by atoms with Crippen LogP contribution in [0.25, 0.3) is 0 Å². The summed E-state index contributed by atoms with van der Waals surface area (Å²) in [5.74, 6) is 0. The summed E-state index contributed by atoms with van der Waals surface area (Å²) >= 11 is 0. The van der Waals surface area contributed by atoms with Gasteiger partial charge in [0, 0.05) is 32.4 Å². The maximum Gasteiger partial charge on any atom is 0.0964 e. The van der Waals surface area contributed by atoms with Crippen molar-refractivity contribution in [2.75, 3.05) is 13.2 Å². The van der Waals surface area contributed by atoms with E-state index in [1.165, 1.54) is 0 Å². The summed E-state index contributed by atoms with van der Waals surface area (Å²) in [6, 6.07) is 0. The summed E-state index contributed by atoms with van der Waals surface area (Å²) in [7, 11) is 0. The first-order chi connectivity index (χ1) is 7.51. The van der Waals surface area contributed by atoms with Crippen LogP contribution in [-0.2, 0) is 13.1 Å². The fraction of sp³-hybridized carbons (Fsp3) is 0.818. The zero-order valence-electron chi connectivity index (χ0n) is 10.4. The van der Waals surface area contributed by atoms with E-state index in [-0.39, 0.29) is 12.0 Å². The van der Waals surface area contributed by atoms with Gasteiger partial charge in [0.05, 0.1) is 5.69 Å². The van der Waals surface area contributed by atoms with Gasteiger partial charge in [-0.15, -0.1) is 5.10 Å². The van der Waals surface area contributed by atoms with Crippen molar-refractivity contribution in [3.8, 4) is 0 Å². The van der Waals surface area contributed by atoms with Gasteiger partial charge in [0.1, 0.15) is 0 Å². The lowest BCUT2D eigenvalue weighted by molar-refractivity contribution is 0.276. The summed E-state index contributed by atoms with van der Waals surface area (Å²) < 4.78 is 1.77. The molecule has 0 atom stereocenters. The molecule has 0 aliphatic rings. The third-order valence-electron chi connectivity index (χ3n) is 2.09. The van der Waals surface area contributed by atoms with Gasteiger partial charge in [0.15, 0.2) is 0 Å². The summed E-state index contributed by atoms with van der Waals surface area (Å²) in [5.41, 5.74) is 1.23. The van der Waals surface area contributed by atoms with Gasteiger partial charge in [-0.1, -0.05) is 26.0 Å². The summed E-state index contributed by atoms with van der Waals surface area (Å²) in [6.45, 7) is 9.20. The van der Waals surface area contributed by atoms with Crippen LogP contribution >= 0.6 is 0 Å². The molecule has 0 aromatic carbocycles. The topological polar surface area (TPSA) is 63.0 Å². The van der Waals surface area contributed by atoms with E-state index in [1.54, 1.807) is 4.68 Å². The molecule has 0 radical (unpaired) electrons. The molecule has 0 saturated heterocycles. The first-order valence-corrected chi connectivity index (χ1v) is 5.72. The number of aliphatic hydroxyl groups excluding tert-OH is 1. The molecule has 0 aliphatic heterocycles. The quantitative estimate of drug-likeness (QED) is 0.753. The molecule has 1 heterocycles. The molecule has 5 nitrogen and oxygen atoms in total. The number of nitrogens with zero attached hydrogens (tertiary/aromatic N) is 3. The molecule has 0 spiro atoms. The Bertz CT molecular complexity index is 303. The molecule has 5 heteroatoms. The second-order valence-electron chi connectivity index (χ2n) is 5.21. The highest BCUT2D eigenvalue weighted by Crippen LogP contribution is 2.10. The van der Waals surface area contributed by atoms with E-state index in [9.17, 15) is 0 Å². The second kappa shape index (κ2) is 5.96. The normalized spacial score (nSPS) is 12.0. The van der Waals surface area contributed by atoms with Crippen LogP contribution in [0.4, 0.5) is 0 Å². The Morgan fingerprint density at radius 1 is 1.44 bits per heavy atom. The fourth-order valence-corrected chi connectivity index (χ4v) is 1.33. The van der Waals surface area contributed by atoms with Crippen LogP contribution < -0.4 is 5.32 Å². The van der Waals surface area contributed by atoms with Crippen molar-refractivity contribution in [1.29, 1.82) is 0 Å². The van der Waals surface area contributed by atoms with E-state index in [1.807, 2.05) is 6.20 Å². The van der Waals surface area contributed by atoms with Crippen LogP contribution in [0.1, 0.15) is 32.9 Å². The Balaban J connectivity index is 2.29. The molecule has 0 bridgehead atoms. The van der Waals surface area contributed by atoms with Gasteiger partial charge in [-0.3, -0.25) is 4.68 Å². The maximum atomic E-state index is 8.69. The molecular formula is C11H22N4O. The van der Waals surface area contributed by atoms with Gasteiger partial charge < -0.3 is 10.4 Å². The number of aliphatic hydroxyl groups is 1. The van der Waals surface area contributed by atoms with E-state index in [0.29, 0.717) is 0 Å². The lowest BCUT2D eigenvalue weighted by Gasteiger charge is -2.17. The van der Waals surface area contributed by atoms with Crippen molar-refractivity contribution in [1.82, 2.24) is 20.3 Å². The molecule has 1 aromatic rings. The van der Waals surface area contributed by atoms with Gasteiger partial charge in [0.2, 0.25) is 0 Å². The van der Waals surface area contributed by atoms with Crippen LogP contribution in [0.5, 0.6) is 0 Å². The van der Waals surface area contributed by atoms with Crippen molar-refractivity contribution in [2.24, 2.45) is 5.41 Å². The van der Waals surface area contributed by atoms with Crippen LogP contribution in [0.15, 0.2) is 6.20 Å². The van der Waals surface area contributed by atoms with Gasteiger partial charge in [-0.25, -0.2) is 0 Å². The van der Waals surface area contributed by atoms with E-state index in [4.69, 9.17) is 5.11 Å². The van der Waals surface area contributed by atoms with Crippen LogP contribution in [0.3, 0.4) is 0 Å². The standard InChI is InChI=1S/C11H22N4O/c1-11(2,3)9-12-7-10-8-15(14-13-10)5-4-6-16/h8,12,16H,4-7,9H2,1-3H3. The minimum Gasteiger partial charge on any atom is -0.396 e. The molecule has 0 saturated carbocycles. The third-order valence-corrected chi connectivity index (χ3v) is 2.09. The molecule has 0 fully saturated rings. The molecule has 2 N–H and O–H groups in total. The number of rotatable bonds is 6. The van der Waals surface area contributed by atoms with E-state index in [0.717, 1.165) is 31.7 Å². The highest BCUT2D eigenvalue weighted by atomic mass is 16.3. The maximum absolute atomic E-state index is 8.69. The summed E-state index contributed by atoms with van der Waals surface area (Å²) in [4.78, 5) is 0. The lowest BCUT2D eigenvalue weighted by Crippen LogP contribution is -2.26. The molecule has 1 aromatic heterocycles. The highest BCUT2D eigenvalue weighted by molar-refractivity contribution is 4.91. The number of aryl methyl sites for hydroxylation is 1. The van der Waals surface area contributed by atoms with Gasteiger partial charge in [-0.2, -0.15) is 0 Å². The average Bonchev–Trinajstić information content (AvgIpc) is 2.61. The third kappa shape index (κ3) is 5.23. The molecule has 1 rings (SSSR count). The zero-order valence-corrected chi connectivity index (χ0v) is 10.4. The predicted octanol–water partition coefficient (Wildman–Crippen LogP) is 0.796. The van der Waals surface area contributed by atoms with E-state index in [2.05, 4.69) is 36.4 Å². The minimum absolute atomic E-state index is 0.192. The van der Waals surface area contributed by atoms with E-state index < -0.39 is 0 Å². The van der Waals surface area contributed by atoms with Crippen molar-refractivity contribution >= 4 is 0 Å². The first kappa shape index (κ1) is 13.1. The van der Waals surface area contributed by atoms with Crippen LogP contribution in [0, 0.1) is 5.41 Å². The molecule has 92 valence electrons. The Hall–Kier alpha value is -0.940. The largest absolute Gasteiger partial charge is 0.396 e. The van der Waals surface area contributed by atoms with Gasteiger partial charge >= 0.3 is 0 Å². The number of nitrogens with one attached hydrogen (secondary N) is 1. The van der Waals surface area contributed by atoms with Crippen molar-refractivity contribution in [2.45, 2.75) is 40.3 Å². The first-order valence-electron chi connectivity index (χ1n) is 5.72. The van der Waals surface area contributed by atoms with Gasteiger partial charge in [0.25, 0.3) is 0 Å². The Morgan fingerprint density at radius 2 is 2.19 bits per heavy atom. The second-order valence-corrected chi connectivity index (χ2v) is 5.21. The molecular weight excluding hydrogens is 204 g/mol. The minimum atomic E-state index is 0.192. The van der Waals surface area contributed by atoms with Crippen molar-refractivity contribution in [3.05, 3.63) is 11.9 Å². The monoisotopic (exact) mass is 226 g/mol. The van der Waals surface area contributed by atoms with Crippen LogP contribution in [0.2, 0.25) is 0 Å². The van der Waals surface area contributed by atoms with Crippen molar-refractivity contribution in [3.63, 3.8) is 0 Å².